The third-order valence-electron chi connectivity index (χ3n) is 5.61. The van der Waals surface area contributed by atoms with Gasteiger partial charge in [0.05, 0.1) is 5.71 Å². The lowest BCUT2D eigenvalue weighted by atomic mass is 9.75. The minimum Gasteiger partial charge on any atom is -0.326 e. The first-order valence-corrected chi connectivity index (χ1v) is 9.83. The van der Waals surface area contributed by atoms with Crippen molar-refractivity contribution in [3.8, 4) is 0 Å². The number of allylic oxidation sites excluding steroid dienone is 7. The fourth-order valence-electron chi connectivity index (χ4n) is 4.04. The third kappa shape index (κ3) is 4.94. The van der Waals surface area contributed by atoms with E-state index in [2.05, 4.69) is 11.9 Å². The van der Waals surface area contributed by atoms with Crippen molar-refractivity contribution in [1.29, 1.82) is 5.41 Å². The van der Waals surface area contributed by atoms with Crippen LogP contribution in [0.1, 0.15) is 37.7 Å². The lowest BCUT2D eigenvalue weighted by Crippen LogP contribution is -2.22. The molecule has 1 amide bonds. The molecule has 0 heterocycles. The molecule has 3 rings (SSSR count). The molecule has 146 valence electrons. The van der Waals surface area contributed by atoms with Gasteiger partial charge in [0.15, 0.2) is 0 Å². The molecule has 0 aliphatic heterocycles. The number of benzene rings is 1. The predicted molar refractivity (Wildman–Crippen MR) is 113 cm³/mol. The standard InChI is InChI=1S/C24H27FN2O/c1-3-21(22-15-19(25)10-13-23(22)26)18-8-6-17(7-9-18)14-24(28)27-20-11-4-16(2)5-12-20/h3-5,10-13,15,17-18,26H,1,6-9,14H2,2H3,(H,27,28)/b22-21+,26-23?. The second-order valence-corrected chi connectivity index (χ2v) is 7.69. The van der Waals surface area contributed by atoms with Crippen molar-refractivity contribution in [2.75, 3.05) is 5.32 Å². The van der Waals surface area contributed by atoms with Crippen molar-refractivity contribution >= 4 is 17.3 Å². The maximum Gasteiger partial charge on any atom is 0.224 e. The van der Waals surface area contributed by atoms with Crippen molar-refractivity contribution in [2.45, 2.75) is 39.0 Å². The molecule has 4 heteroatoms. The van der Waals surface area contributed by atoms with Gasteiger partial charge in [0.25, 0.3) is 0 Å². The van der Waals surface area contributed by atoms with E-state index in [-0.39, 0.29) is 17.7 Å². The summed E-state index contributed by atoms with van der Waals surface area (Å²) in [6.45, 7) is 5.92. The summed E-state index contributed by atoms with van der Waals surface area (Å²) in [7, 11) is 0. The number of halogens is 1. The molecule has 2 aliphatic carbocycles. The second-order valence-electron chi connectivity index (χ2n) is 7.69. The van der Waals surface area contributed by atoms with Gasteiger partial charge in [-0.05, 0) is 80.4 Å². The second kappa shape index (κ2) is 8.96. The van der Waals surface area contributed by atoms with Gasteiger partial charge in [-0.2, -0.15) is 0 Å². The van der Waals surface area contributed by atoms with Crippen LogP contribution in [0, 0.1) is 24.2 Å². The Kier molecular flexibility index (Phi) is 6.40. The molecule has 0 atom stereocenters. The van der Waals surface area contributed by atoms with E-state index in [1.165, 1.54) is 23.8 Å². The Labute approximate surface area is 166 Å². The Morgan fingerprint density at radius 1 is 1.21 bits per heavy atom. The minimum atomic E-state index is -0.327. The maximum atomic E-state index is 13.6. The first-order valence-electron chi connectivity index (χ1n) is 9.83. The van der Waals surface area contributed by atoms with Crippen LogP contribution in [0.5, 0.6) is 0 Å². The summed E-state index contributed by atoms with van der Waals surface area (Å²) in [5, 5.41) is 11.1. The molecule has 1 fully saturated rings. The number of carbonyl (C=O) groups is 1. The number of rotatable bonds is 5. The number of anilines is 1. The van der Waals surface area contributed by atoms with Crippen LogP contribution in [0.4, 0.5) is 10.1 Å². The smallest absolute Gasteiger partial charge is 0.224 e. The molecular weight excluding hydrogens is 351 g/mol. The first-order chi connectivity index (χ1) is 13.5. The van der Waals surface area contributed by atoms with Gasteiger partial charge < -0.3 is 10.7 Å². The Hall–Kier alpha value is -2.75. The Bertz CT molecular complexity index is 853. The molecular formula is C24H27FN2O. The summed E-state index contributed by atoms with van der Waals surface area (Å²) < 4.78 is 13.6. The quantitative estimate of drug-likeness (QED) is 0.643. The monoisotopic (exact) mass is 378 g/mol. The average Bonchev–Trinajstić information content (AvgIpc) is 2.68. The molecule has 0 radical (unpaired) electrons. The molecule has 0 unspecified atom stereocenters. The molecule has 28 heavy (non-hydrogen) atoms. The molecule has 1 aromatic carbocycles. The summed E-state index contributed by atoms with van der Waals surface area (Å²) in [5.41, 5.74) is 3.92. The van der Waals surface area contributed by atoms with Crippen LogP contribution in [0.3, 0.4) is 0 Å². The predicted octanol–water partition coefficient (Wildman–Crippen LogP) is 6.06. The van der Waals surface area contributed by atoms with E-state index < -0.39 is 0 Å². The lowest BCUT2D eigenvalue weighted by molar-refractivity contribution is -0.117. The van der Waals surface area contributed by atoms with Crippen LogP contribution in [-0.4, -0.2) is 11.6 Å². The molecule has 0 aromatic heterocycles. The van der Waals surface area contributed by atoms with Crippen LogP contribution in [0.25, 0.3) is 0 Å². The molecule has 1 aromatic rings. The SMILES string of the molecule is C=C/C(=C1/C=C(F)C=CC1=N)C1CCC(CC(=O)Nc2ccc(C)cc2)CC1. The van der Waals surface area contributed by atoms with Gasteiger partial charge in [0.2, 0.25) is 5.91 Å². The van der Waals surface area contributed by atoms with Crippen molar-refractivity contribution in [1.82, 2.24) is 0 Å². The number of hydrogen-bond donors (Lipinski definition) is 2. The van der Waals surface area contributed by atoms with Gasteiger partial charge >= 0.3 is 0 Å². The van der Waals surface area contributed by atoms with Crippen LogP contribution >= 0.6 is 0 Å². The van der Waals surface area contributed by atoms with E-state index in [4.69, 9.17) is 5.41 Å². The zero-order valence-corrected chi connectivity index (χ0v) is 16.3. The maximum absolute atomic E-state index is 13.6. The van der Waals surface area contributed by atoms with Gasteiger partial charge in [-0.25, -0.2) is 4.39 Å². The van der Waals surface area contributed by atoms with Crippen molar-refractivity contribution in [3.05, 3.63) is 77.7 Å². The highest BCUT2D eigenvalue weighted by molar-refractivity contribution is 6.10. The molecule has 3 nitrogen and oxygen atoms in total. The summed E-state index contributed by atoms with van der Waals surface area (Å²) in [4.78, 5) is 12.3. The molecule has 0 spiro atoms. The van der Waals surface area contributed by atoms with E-state index in [0.29, 0.717) is 23.6 Å². The molecule has 1 saturated carbocycles. The van der Waals surface area contributed by atoms with E-state index in [1.807, 2.05) is 31.2 Å². The fourth-order valence-corrected chi connectivity index (χ4v) is 4.04. The van der Waals surface area contributed by atoms with Crippen molar-refractivity contribution < 1.29 is 9.18 Å². The number of aryl methyl sites for hydroxylation is 1. The van der Waals surface area contributed by atoms with E-state index in [9.17, 15) is 9.18 Å². The van der Waals surface area contributed by atoms with Gasteiger partial charge in [-0.15, -0.1) is 0 Å². The Balaban J connectivity index is 1.57. The highest BCUT2D eigenvalue weighted by atomic mass is 19.1. The van der Waals surface area contributed by atoms with Crippen molar-refractivity contribution in [3.63, 3.8) is 0 Å². The zero-order valence-electron chi connectivity index (χ0n) is 16.3. The molecule has 0 bridgehead atoms. The highest BCUT2D eigenvalue weighted by Crippen LogP contribution is 2.37. The van der Waals surface area contributed by atoms with Crippen LogP contribution in [0.15, 0.2) is 72.1 Å². The third-order valence-corrected chi connectivity index (χ3v) is 5.61. The summed E-state index contributed by atoms with van der Waals surface area (Å²) in [6, 6.07) is 7.82. The largest absolute Gasteiger partial charge is 0.326 e. The average molecular weight is 378 g/mol. The van der Waals surface area contributed by atoms with Gasteiger partial charge in [-0.1, -0.05) is 30.4 Å². The van der Waals surface area contributed by atoms with Crippen LogP contribution in [-0.2, 0) is 4.79 Å². The van der Waals surface area contributed by atoms with Crippen molar-refractivity contribution in [2.24, 2.45) is 11.8 Å². The number of amides is 1. The number of hydrogen-bond acceptors (Lipinski definition) is 2. The van der Waals surface area contributed by atoms with Gasteiger partial charge in [0.1, 0.15) is 5.83 Å². The zero-order chi connectivity index (χ0) is 20.1. The molecule has 0 saturated heterocycles. The number of carbonyl (C=O) groups excluding carboxylic acids is 1. The fraction of sp³-hybridized carbons (Fsp3) is 0.333. The Morgan fingerprint density at radius 2 is 1.89 bits per heavy atom. The van der Waals surface area contributed by atoms with Crippen LogP contribution < -0.4 is 5.32 Å². The van der Waals surface area contributed by atoms with Crippen LogP contribution in [0.2, 0.25) is 0 Å². The first kappa shape index (κ1) is 20.0. The molecule has 2 N–H and O–H groups in total. The summed E-state index contributed by atoms with van der Waals surface area (Å²) in [6.07, 6.45) is 10.3. The van der Waals surface area contributed by atoms with E-state index in [0.717, 1.165) is 36.9 Å². The van der Waals surface area contributed by atoms with E-state index in [1.54, 1.807) is 6.08 Å². The lowest BCUT2D eigenvalue weighted by Gasteiger charge is -2.30. The Morgan fingerprint density at radius 3 is 2.54 bits per heavy atom. The highest BCUT2D eigenvalue weighted by Gasteiger charge is 2.26. The minimum absolute atomic E-state index is 0.0544. The number of nitrogens with one attached hydrogen (secondary N) is 2. The topological polar surface area (TPSA) is 53.0 Å². The van der Waals surface area contributed by atoms with Gasteiger partial charge in [0, 0.05) is 17.7 Å². The molecule has 2 aliphatic rings. The summed E-state index contributed by atoms with van der Waals surface area (Å²) >= 11 is 0. The summed E-state index contributed by atoms with van der Waals surface area (Å²) in [5.74, 6) is 0.348. The van der Waals surface area contributed by atoms with Gasteiger partial charge in [-0.3, -0.25) is 4.79 Å². The normalized spacial score (nSPS) is 23.8. The van der Waals surface area contributed by atoms with E-state index >= 15 is 0 Å².